The van der Waals surface area contributed by atoms with E-state index in [0.29, 0.717) is 6.54 Å². The SMILES string of the molecule is Cc1c(CNC(=O)N(C)[C@H](C)c2ccncc2)oc2ccccc12. The van der Waals surface area contributed by atoms with Gasteiger partial charge in [-0.15, -0.1) is 0 Å². The molecule has 2 heterocycles. The van der Waals surface area contributed by atoms with Crippen LogP contribution in [-0.4, -0.2) is 23.0 Å². The Bertz CT molecular complexity index is 842. The first-order chi connectivity index (χ1) is 11.6. The minimum absolute atomic E-state index is 0.0372. The molecule has 2 aromatic heterocycles. The Morgan fingerprint density at radius 3 is 2.67 bits per heavy atom. The molecule has 2 amide bonds. The van der Waals surface area contributed by atoms with Gasteiger partial charge in [0.05, 0.1) is 12.6 Å². The Hall–Kier alpha value is -2.82. The molecule has 124 valence electrons. The van der Waals surface area contributed by atoms with E-state index in [1.165, 1.54) is 0 Å². The maximum Gasteiger partial charge on any atom is 0.318 e. The molecule has 5 nitrogen and oxygen atoms in total. The topological polar surface area (TPSA) is 58.4 Å². The highest BCUT2D eigenvalue weighted by Crippen LogP contribution is 2.25. The molecule has 0 spiro atoms. The Balaban J connectivity index is 1.67. The molecule has 24 heavy (non-hydrogen) atoms. The number of aryl methyl sites for hydroxylation is 1. The number of carbonyl (C=O) groups is 1. The number of nitrogens with zero attached hydrogens (tertiary/aromatic N) is 2. The summed E-state index contributed by atoms with van der Waals surface area (Å²) in [5.74, 6) is 0.787. The first-order valence-corrected chi connectivity index (χ1v) is 7.95. The maximum absolute atomic E-state index is 12.4. The molecule has 0 saturated heterocycles. The summed E-state index contributed by atoms with van der Waals surface area (Å²) >= 11 is 0. The Morgan fingerprint density at radius 2 is 1.96 bits per heavy atom. The van der Waals surface area contributed by atoms with Gasteiger partial charge in [0.25, 0.3) is 0 Å². The number of hydrogen-bond acceptors (Lipinski definition) is 3. The van der Waals surface area contributed by atoms with Crippen molar-refractivity contribution in [3.05, 3.63) is 65.7 Å². The van der Waals surface area contributed by atoms with Crippen LogP contribution in [0.1, 0.15) is 29.9 Å². The molecule has 0 saturated carbocycles. The quantitative estimate of drug-likeness (QED) is 0.788. The van der Waals surface area contributed by atoms with Crippen molar-refractivity contribution in [2.45, 2.75) is 26.4 Å². The third kappa shape index (κ3) is 3.11. The molecule has 0 aliphatic carbocycles. The maximum atomic E-state index is 12.4. The lowest BCUT2D eigenvalue weighted by atomic mass is 10.1. The minimum Gasteiger partial charge on any atom is -0.459 e. The van der Waals surface area contributed by atoms with Crippen LogP contribution in [0.3, 0.4) is 0 Å². The number of furan rings is 1. The van der Waals surface area contributed by atoms with Gasteiger partial charge in [-0.25, -0.2) is 4.79 Å². The number of carbonyl (C=O) groups excluding carboxylic acids is 1. The molecule has 0 fully saturated rings. The number of para-hydroxylation sites is 1. The number of fused-ring (bicyclic) bond motifs is 1. The second kappa shape index (κ2) is 6.74. The number of hydrogen-bond donors (Lipinski definition) is 1. The predicted octanol–water partition coefficient (Wildman–Crippen LogP) is 4.04. The van der Waals surface area contributed by atoms with E-state index >= 15 is 0 Å². The number of rotatable bonds is 4. The lowest BCUT2D eigenvalue weighted by Crippen LogP contribution is -2.38. The Morgan fingerprint density at radius 1 is 1.25 bits per heavy atom. The van der Waals surface area contributed by atoms with Crippen LogP contribution in [0, 0.1) is 6.92 Å². The fourth-order valence-corrected chi connectivity index (χ4v) is 2.72. The summed E-state index contributed by atoms with van der Waals surface area (Å²) in [5, 5.41) is 4.01. The van der Waals surface area contributed by atoms with E-state index in [1.807, 2.05) is 50.2 Å². The van der Waals surface area contributed by atoms with E-state index in [2.05, 4.69) is 10.3 Å². The number of aromatic nitrogens is 1. The Labute approximate surface area is 141 Å². The monoisotopic (exact) mass is 323 g/mol. The van der Waals surface area contributed by atoms with Crippen molar-refractivity contribution >= 4 is 17.0 Å². The van der Waals surface area contributed by atoms with E-state index < -0.39 is 0 Å². The van der Waals surface area contributed by atoms with Gasteiger partial charge in [-0.3, -0.25) is 4.98 Å². The number of nitrogens with one attached hydrogen (secondary N) is 1. The van der Waals surface area contributed by atoms with Gasteiger partial charge in [-0.05, 0) is 37.6 Å². The summed E-state index contributed by atoms with van der Waals surface area (Å²) in [4.78, 5) is 18.1. The lowest BCUT2D eigenvalue weighted by Gasteiger charge is -2.25. The number of pyridine rings is 1. The van der Waals surface area contributed by atoms with Gasteiger partial charge in [0.15, 0.2) is 0 Å². The van der Waals surface area contributed by atoms with Crippen LogP contribution in [0.25, 0.3) is 11.0 Å². The van der Waals surface area contributed by atoms with Gasteiger partial charge in [0.1, 0.15) is 11.3 Å². The van der Waals surface area contributed by atoms with Gasteiger partial charge in [-0.2, -0.15) is 0 Å². The van der Waals surface area contributed by atoms with Gasteiger partial charge < -0.3 is 14.6 Å². The summed E-state index contributed by atoms with van der Waals surface area (Å²) in [6.07, 6.45) is 3.46. The third-order valence-electron chi connectivity index (χ3n) is 4.43. The average molecular weight is 323 g/mol. The summed E-state index contributed by atoms with van der Waals surface area (Å²) in [7, 11) is 1.78. The van der Waals surface area contributed by atoms with Crippen molar-refractivity contribution < 1.29 is 9.21 Å². The van der Waals surface area contributed by atoms with Crippen LogP contribution in [0.4, 0.5) is 4.79 Å². The van der Waals surface area contributed by atoms with Crippen molar-refractivity contribution in [2.24, 2.45) is 0 Å². The fraction of sp³-hybridized carbons (Fsp3) is 0.263. The van der Waals surface area contributed by atoms with Gasteiger partial charge in [-0.1, -0.05) is 18.2 Å². The minimum atomic E-state index is -0.140. The lowest BCUT2D eigenvalue weighted by molar-refractivity contribution is 0.193. The fourth-order valence-electron chi connectivity index (χ4n) is 2.72. The van der Waals surface area contributed by atoms with Gasteiger partial charge >= 0.3 is 6.03 Å². The number of urea groups is 1. The van der Waals surface area contributed by atoms with Gasteiger partial charge in [0.2, 0.25) is 0 Å². The van der Waals surface area contributed by atoms with E-state index in [4.69, 9.17) is 4.42 Å². The van der Waals surface area contributed by atoms with Crippen LogP contribution in [-0.2, 0) is 6.54 Å². The highest BCUT2D eigenvalue weighted by molar-refractivity contribution is 5.82. The van der Waals surface area contributed by atoms with Gasteiger partial charge in [0, 0.05) is 30.4 Å². The molecule has 5 heteroatoms. The van der Waals surface area contributed by atoms with Crippen LogP contribution >= 0.6 is 0 Å². The zero-order valence-electron chi connectivity index (χ0n) is 14.1. The van der Waals surface area contributed by atoms with E-state index in [0.717, 1.165) is 27.9 Å². The highest BCUT2D eigenvalue weighted by Gasteiger charge is 2.18. The molecule has 0 bridgehead atoms. The molecule has 0 aliphatic rings. The summed E-state index contributed by atoms with van der Waals surface area (Å²) in [6.45, 7) is 4.37. The van der Waals surface area contributed by atoms with Crippen LogP contribution < -0.4 is 5.32 Å². The number of amides is 2. The normalized spacial score (nSPS) is 12.1. The largest absolute Gasteiger partial charge is 0.459 e. The third-order valence-corrected chi connectivity index (χ3v) is 4.43. The van der Waals surface area contributed by atoms with Crippen molar-refractivity contribution in [1.29, 1.82) is 0 Å². The molecule has 0 unspecified atom stereocenters. The smallest absolute Gasteiger partial charge is 0.318 e. The van der Waals surface area contributed by atoms with Crippen molar-refractivity contribution in [3.63, 3.8) is 0 Å². The average Bonchev–Trinajstić information content (AvgIpc) is 2.95. The first kappa shape index (κ1) is 16.1. The molecular weight excluding hydrogens is 302 g/mol. The zero-order valence-corrected chi connectivity index (χ0v) is 14.1. The molecule has 1 atom stereocenters. The van der Waals surface area contributed by atoms with Crippen molar-refractivity contribution in [2.75, 3.05) is 7.05 Å². The first-order valence-electron chi connectivity index (χ1n) is 7.95. The molecule has 3 aromatic rings. The van der Waals surface area contributed by atoms with Crippen LogP contribution in [0.2, 0.25) is 0 Å². The highest BCUT2D eigenvalue weighted by atomic mass is 16.3. The van der Waals surface area contributed by atoms with Crippen LogP contribution in [0.5, 0.6) is 0 Å². The Kier molecular flexibility index (Phi) is 4.51. The van der Waals surface area contributed by atoms with E-state index in [9.17, 15) is 4.79 Å². The molecule has 0 radical (unpaired) electrons. The summed E-state index contributed by atoms with van der Waals surface area (Å²) in [6, 6.07) is 11.5. The van der Waals surface area contributed by atoms with Crippen molar-refractivity contribution in [3.8, 4) is 0 Å². The standard InChI is InChI=1S/C19H21N3O2/c1-13-16-6-4-5-7-17(16)24-18(13)12-21-19(23)22(3)14(2)15-8-10-20-11-9-15/h4-11,14H,12H2,1-3H3,(H,21,23)/t14-/m1/s1. The van der Waals surface area contributed by atoms with E-state index in [1.54, 1.807) is 24.3 Å². The second-order valence-corrected chi connectivity index (χ2v) is 5.87. The van der Waals surface area contributed by atoms with Crippen molar-refractivity contribution in [1.82, 2.24) is 15.2 Å². The summed E-state index contributed by atoms with van der Waals surface area (Å²) < 4.78 is 5.83. The number of benzene rings is 1. The van der Waals surface area contributed by atoms with E-state index in [-0.39, 0.29) is 12.1 Å². The molecule has 1 N–H and O–H groups in total. The second-order valence-electron chi connectivity index (χ2n) is 5.87. The molecule has 0 aliphatic heterocycles. The molecular formula is C19H21N3O2. The molecule has 1 aromatic carbocycles. The zero-order chi connectivity index (χ0) is 17.1. The molecule has 3 rings (SSSR count). The predicted molar refractivity (Wildman–Crippen MR) is 93.6 cm³/mol. The van der Waals surface area contributed by atoms with Crippen LogP contribution in [0.15, 0.2) is 53.2 Å². The summed E-state index contributed by atoms with van der Waals surface area (Å²) in [5.41, 5.74) is 2.95.